The number of nitrogens with one attached hydrogen (secondary N) is 1. The van der Waals surface area contributed by atoms with E-state index in [4.69, 9.17) is 5.84 Å². The first-order chi connectivity index (χ1) is 8.63. The molecule has 2 aromatic rings. The van der Waals surface area contributed by atoms with E-state index in [0.29, 0.717) is 6.42 Å². The zero-order valence-electron chi connectivity index (χ0n) is 10.3. The number of hydrazine groups is 1. The molecule has 0 fully saturated rings. The highest BCUT2D eigenvalue weighted by molar-refractivity contribution is 9.10. The third-order valence-corrected chi connectivity index (χ3v) is 3.83. The molecule has 0 saturated heterocycles. The monoisotopic (exact) mass is 310 g/mol. The molecule has 1 unspecified atom stereocenters. The van der Waals surface area contributed by atoms with Gasteiger partial charge >= 0.3 is 0 Å². The number of rotatable bonds is 4. The van der Waals surface area contributed by atoms with Gasteiger partial charge in [-0.3, -0.25) is 25.9 Å². The van der Waals surface area contributed by atoms with Crippen LogP contribution in [0, 0.1) is 6.92 Å². The van der Waals surface area contributed by atoms with Crippen molar-refractivity contribution in [3.63, 3.8) is 0 Å². The van der Waals surface area contributed by atoms with E-state index in [2.05, 4.69) is 36.4 Å². The van der Waals surface area contributed by atoms with E-state index in [1.54, 1.807) is 18.6 Å². The lowest BCUT2D eigenvalue weighted by molar-refractivity contribution is 0.516. The zero-order chi connectivity index (χ0) is 13.1. The van der Waals surface area contributed by atoms with Crippen LogP contribution < -0.4 is 11.3 Å². The van der Waals surface area contributed by atoms with Crippen LogP contribution in [0.1, 0.15) is 23.1 Å². The summed E-state index contributed by atoms with van der Waals surface area (Å²) in [4.78, 5) is 8.32. The van der Waals surface area contributed by atoms with Crippen molar-refractivity contribution in [2.24, 2.45) is 12.9 Å². The fourth-order valence-corrected chi connectivity index (χ4v) is 2.33. The third-order valence-electron chi connectivity index (χ3n) is 2.80. The van der Waals surface area contributed by atoms with Crippen molar-refractivity contribution in [1.29, 1.82) is 0 Å². The summed E-state index contributed by atoms with van der Waals surface area (Å²) in [6.45, 7) is 1.96. The minimum absolute atomic E-state index is 0.0928. The highest BCUT2D eigenvalue weighted by atomic mass is 79.9. The fraction of sp³-hybridized carbons (Fsp3) is 0.364. The number of halogens is 1. The van der Waals surface area contributed by atoms with Crippen LogP contribution >= 0.6 is 15.9 Å². The van der Waals surface area contributed by atoms with Crippen molar-refractivity contribution < 1.29 is 0 Å². The quantitative estimate of drug-likeness (QED) is 0.651. The van der Waals surface area contributed by atoms with Crippen LogP contribution in [0.5, 0.6) is 0 Å². The van der Waals surface area contributed by atoms with Gasteiger partial charge in [0, 0.05) is 25.9 Å². The van der Waals surface area contributed by atoms with Gasteiger partial charge in [-0.25, -0.2) is 0 Å². The maximum Gasteiger partial charge on any atom is 0.0773 e. The molecule has 0 aromatic carbocycles. The summed E-state index contributed by atoms with van der Waals surface area (Å²) < 4.78 is 2.86. The Kier molecular flexibility index (Phi) is 4.05. The molecule has 0 saturated carbocycles. The number of hydrogen-bond acceptors (Lipinski definition) is 5. The second kappa shape index (κ2) is 5.55. The highest BCUT2D eigenvalue weighted by Gasteiger charge is 2.18. The van der Waals surface area contributed by atoms with Gasteiger partial charge in [0.25, 0.3) is 0 Å². The minimum Gasteiger partial charge on any atom is -0.271 e. The van der Waals surface area contributed by atoms with E-state index in [1.807, 2.05) is 18.7 Å². The van der Waals surface area contributed by atoms with Gasteiger partial charge < -0.3 is 0 Å². The van der Waals surface area contributed by atoms with Gasteiger partial charge in [-0.1, -0.05) is 0 Å². The van der Waals surface area contributed by atoms with Crippen molar-refractivity contribution in [1.82, 2.24) is 25.2 Å². The first-order valence-corrected chi connectivity index (χ1v) is 6.32. The standard InChI is InChI=1S/C11H15BrN6/c1-7-11(12)10(18(2)17-7)5-8(16-13)9-6-14-3-4-15-9/h3-4,6,8,16H,5,13H2,1-2H3. The predicted octanol–water partition coefficient (Wildman–Crippen LogP) is 1.03. The molecule has 0 spiro atoms. The third kappa shape index (κ3) is 2.58. The number of nitrogens with zero attached hydrogens (tertiary/aromatic N) is 4. The lowest BCUT2D eigenvalue weighted by atomic mass is 10.1. The Labute approximate surface area is 114 Å². The van der Waals surface area contributed by atoms with E-state index in [9.17, 15) is 0 Å². The SMILES string of the molecule is Cc1nn(C)c(CC(NN)c2cnccn2)c1Br. The van der Waals surface area contributed by atoms with Crippen LogP contribution in [-0.4, -0.2) is 19.7 Å². The second-order valence-electron chi connectivity index (χ2n) is 4.02. The maximum atomic E-state index is 5.60. The van der Waals surface area contributed by atoms with Gasteiger partial charge in [-0.2, -0.15) is 5.10 Å². The first-order valence-electron chi connectivity index (χ1n) is 5.53. The van der Waals surface area contributed by atoms with Crippen LogP contribution in [0.3, 0.4) is 0 Å². The Morgan fingerprint density at radius 1 is 1.50 bits per heavy atom. The van der Waals surface area contributed by atoms with E-state index in [0.717, 1.165) is 21.6 Å². The Morgan fingerprint density at radius 2 is 2.28 bits per heavy atom. The normalized spacial score (nSPS) is 12.7. The maximum absolute atomic E-state index is 5.60. The summed E-state index contributed by atoms with van der Waals surface area (Å²) in [5.74, 6) is 5.60. The summed E-state index contributed by atoms with van der Waals surface area (Å²) in [7, 11) is 1.91. The van der Waals surface area contributed by atoms with Gasteiger partial charge in [0.2, 0.25) is 0 Å². The van der Waals surface area contributed by atoms with Gasteiger partial charge in [0.15, 0.2) is 0 Å². The topological polar surface area (TPSA) is 81.7 Å². The van der Waals surface area contributed by atoms with Crippen LogP contribution in [0.2, 0.25) is 0 Å². The molecule has 2 aromatic heterocycles. The largest absolute Gasteiger partial charge is 0.271 e. The second-order valence-corrected chi connectivity index (χ2v) is 4.82. The molecule has 0 aliphatic carbocycles. The zero-order valence-corrected chi connectivity index (χ0v) is 11.8. The molecule has 7 heteroatoms. The Hall–Kier alpha value is -1.31. The summed E-state index contributed by atoms with van der Waals surface area (Å²) in [6.07, 6.45) is 5.69. The molecular formula is C11H15BrN6. The van der Waals surface area contributed by atoms with Crippen molar-refractivity contribution in [2.75, 3.05) is 0 Å². The minimum atomic E-state index is -0.0928. The van der Waals surface area contributed by atoms with Crippen molar-refractivity contribution in [3.05, 3.63) is 40.1 Å². The van der Waals surface area contributed by atoms with E-state index in [-0.39, 0.29) is 6.04 Å². The number of aryl methyl sites for hydroxylation is 2. The molecular weight excluding hydrogens is 296 g/mol. The highest BCUT2D eigenvalue weighted by Crippen LogP contribution is 2.24. The Bertz CT molecular complexity index is 524. The van der Waals surface area contributed by atoms with Crippen molar-refractivity contribution >= 4 is 15.9 Å². The molecule has 96 valence electrons. The summed E-state index contributed by atoms with van der Waals surface area (Å²) in [6, 6.07) is -0.0928. The molecule has 6 nitrogen and oxygen atoms in total. The molecule has 3 N–H and O–H groups in total. The number of nitrogens with two attached hydrogens (primary N) is 1. The Morgan fingerprint density at radius 3 is 2.78 bits per heavy atom. The van der Waals surface area contributed by atoms with Gasteiger partial charge in [0.1, 0.15) is 0 Å². The van der Waals surface area contributed by atoms with Gasteiger partial charge in [-0.05, 0) is 22.9 Å². The average Bonchev–Trinajstić information content (AvgIpc) is 2.62. The molecule has 1 atom stereocenters. The molecule has 0 amide bonds. The molecule has 18 heavy (non-hydrogen) atoms. The molecule has 0 aliphatic rings. The predicted molar refractivity (Wildman–Crippen MR) is 71.4 cm³/mol. The van der Waals surface area contributed by atoms with Crippen LogP contribution in [0.25, 0.3) is 0 Å². The molecule has 2 rings (SSSR count). The lowest BCUT2D eigenvalue weighted by Crippen LogP contribution is -2.31. The number of hydrogen-bond donors (Lipinski definition) is 2. The molecule has 0 bridgehead atoms. The van der Waals surface area contributed by atoms with Crippen molar-refractivity contribution in [2.45, 2.75) is 19.4 Å². The van der Waals surface area contributed by atoms with Crippen LogP contribution in [0.15, 0.2) is 23.1 Å². The summed E-state index contributed by atoms with van der Waals surface area (Å²) in [5, 5.41) is 4.36. The van der Waals surface area contributed by atoms with E-state index in [1.165, 1.54) is 0 Å². The summed E-state index contributed by atoms with van der Waals surface area (Å²) in [5.41, 5.74) is 5.61. The molecule has 0 aliphatic heterocycles. The first kappa shape index (κ1) is 13.1. The van der Waals surface area contributed by atoms with Crippen LogP contribution in [0.4, 0.5) is 0 Å². The Balaban J connectivity index is 2.26. The smallest absolute Gasteiger partial charge is 0.0773 e. The van der Waals surface area contributed by atoms with Gasteiger partial charge in [-0.15, -0.1) is 0 Å². The number of aromatic nitrogens is 4. The fourth-order valence-electron chi connectivity index (χ4n) is 1.83. The van der Waals surface area contributed by atoms with E-state index >= 15 is 0 Å². The van der Waals surface area contributed by atoms with Crippen molar-refractivity contribution in [3.8, 4) is 0 Å². The average molecular weight is 311 g/mol. The van der Waals surface area contributed by atoms with Gasteiger partial charge in [0.05, 0.1) is 33.8 Å². The van der Waals surface area contributed by atoms with Crippen LogP contribution in [-0.2, 0) is 13.5 Å². The van der Waals surface area contributed by atoms with E-state index < -0.39 is 0 Å². The molecule has 0 radical (unpaired) electrons. The molecule has 2 heterocycles. The summed E-state index contributed by atoms with van der Waals surface area (Å²) >= 11 is 3.54. The lowest BCUT2D eigenvalue weighted by Gasteiger charge is -2.15.